The molecule has 3 heteroatoms. The van der Waals surface area contributed by atoms with E-state index < -0.39 is 5.97 Å². The molecule has 2 nitrogen and oxygen atoms in total. The molecule has 1 rings (SSSR count). The van der Waals surface area contributed by atoms with Gasteiger partial charge in [-0.2, -0.15) is 0 Å². The van der Waals surface area contributed by atoms with Gasteiger partial charge >= 0.3 is 30.4 Å². The molecule has 0 unspecified atom stereocenters. The van der Waals surface area contributed by atoms with Crippen molar-refractivity contribution in [2.45, 2.75) is 12.8 Å². The summed E-state index contributed by atoms with van der Waals surface area (Å²) in [5, 5.41) is 8.37. The molecule has 0 atom stereocenters. The van der Waals surface area contributed by atoms with Crippen molar-refractivity contribution in [2.24, 2.45) is 0 Å². The summed E-state index contributed by atoms with van der Waals surface area (Å²) in [4.78, 5) is 10.2. The molecule has 0 heterocycles. The quantitative estimate of drug-likeness (QED) is 0.816. The number of rotatable bonds is 3. The maximum absolute atomic E-state index is 10.2. The first kappa shape index (κ1) is 11.5. The molecule has 66 valence electrons. The first-order valence-electron chi connectivity index (χ1n) is 3.55. The normalized spacial score (nSPS) is 8.67. The zero-order valence-corrected chi connectivity index (χ0v) is 10.9. The SMILES string of the molecule is O=C(O)CCc1ccccc1.[SbH3]. The van der Waals surface area contributed by atoms with Gasteiger partial charge in [0.15, 0.2) is 0 Å². The van der Waals surface area contributed by atoms with Gasteiger partial charge in [0, 0.05) is 6.42 Å². The van der Waals surface area contributed by atoms with Crippen LogP contribution in [0.1, 0.15) is 12.0 Å². The topological polar surface area (TPSA) is 37.3 Å². The number of carboxylic acid groups (broad SMARTS) is 1. The summed E-state index contributed by atoms with van der Waals surface area (Å²) in [5.41, 5.74) is 1.08. The third-order valence-electron chi connectivity index (χ3n) is 1.47. The number of aryl methyl sites for hydroxylation is 1. The van der Waals surface area contributed by atoms with E-state index in [1.165, 1.54) is 0 Å². The van der Waals surface area contributed by atoms with Gasteiger partial charge in [-0.1, -0.05) is 30.3 Å². The Hall–Kier alpha value is -0.492. The van der Waals surface area contributed by atoms with Crippen LogP contribution in [0, 0.1) is 0 Å². The summed E-state index contributed by atoms with van der Waals surface area (Å²) in [6, 6.07) is 9.62. The molecule has 12 heavy (non-hydrogen) atoms. The molecule has 1 aromatic rings. The van der Waals surface area contributed by atoms with Gasteiger partial charge < -0.3 is 5.11 Å². The van der Waals surface area contributed by atoms with E-state index in [9.17, 15) is 4.79 Å². The van der Waals surface area contributed by atoms with Crippen molar-refractivity contribution in [1.82, 2.24) is 0 Å². The van der Waals surface area contributed by atoms with Crippen molar-refractivity contribution < 1.29 is 9.90 Å². The fourth-order valence-electron chi connectivity index (χ4n) is 0.896. The monoisotopic (exact) mass is 274 g/mol. The molecule has 0 saturated heterocycles. The molecular formula is C9H13O2Sb. The van der Waals surface area contributed by atoms with Gasteiger partial charge in [0.25, 0.3) is 0 Å². The van der Waals surface area contributed by atoms with Crippen LogP contribution in [0.4, 0.5) is 0 Å². The van der Waals surface area contributed by atoms with Crippen molar-refractivity contribution in [1.29, 1.82) is 0 Å². The summed E-state index contributed by atoms with van der Waals surface area (Å²) in [5.74, 6) is -0.742. The number of benzene rings is 1. The molecule has 0 bridgehead atoms. The average Bonchev–Trinajstić information content (AvgIpc) is 2.03. The third kappa shape index (κ3) is 4.40. The molecular weight excluding hydrogens is 262 g/mol. The summed E-state index contributed by atoms with van der Waals surface area (Å²) >= 11 is 0. The van der Waals surface area contributed by atoms with E-state index in [2.05, 4.69) is 0 Å². The Balaban J connectivity index is 0.00000121. The van der Waals surface area contributed by atoms with Crippen LogP contribution in [0.25, 0.3) is 0 Å². The predicted octanol–water partition coefficient (Wildman–Crippen LogP) is 0.520. The van der Waals surface area contributed by atoms with E-state index in [4.69, 9.17) is 5.11 Å². The molecule has 0 aromatic heterocycles. The van der Waals surface area contributed by atoms with Gasteiger partial charge in [-0.15, -0.1) is 0 Å². The number of carbonyl (C=O) groups is 1. The van der Waals surface area contributed by atoms with E-state index in [-0.39, 0.29) is 30.8 Å². The second-order valence-corrected chi connectivity index (χ2v) is 2.38. The number of carboxylic acids is 1. The minimum absolute atomic E-state index is 0. The van der Waals surface area contributed by atoms with Crippen LogP contribution >= 0.6 is 0 Å². The first-order valence-corrected chi connectivity index (χ1v) is 3.55. The van der Waals surface area contributed by atoms with E-state index >= 15 is 0 Å². The molecule has 0 radical (unpaired) electrons. The van der Waals surface area contributed by atoms with Crippen LogP contribution in [0.5, 0.6) is 0 Å². The van der Waals surface area contributed by atoms with Gasteiger partial charge in [-0.3, -0.25) is 4.79 Å². The zero-order chi connectivity index (χ0) is 8.10. The Morgan fingerprint density at radius 1 is 1.25 bits per heavy atom. The fourth-order valence-corrected chi connectivity index (χ4v) is 0.896. The standard InChI is InChI=1S/C9H10O2.Sb.3H/c10-9(11)7-6-8-4-2-1-3-5-8;;;;/h1-5H,6-7H2,(H,10,11);;;;. The molecule has 0 amide bonds. The summed E-state index contributed by atoms with van der Waals surface area (Å²) in [6.07, 6.45) is 0.834. The van der Waals surface area contributed by atoms with Crippen LogP contribution in [-0.4, -0.2) is 35.5 Å². The summed E-state index contributed by atoms with van der Waals surface area (Å²) in [6.45, 7) is 0. The summed E-state index contributed by atoms with van der Waals surface area (Å²) in [7, 11) is 0. The van der Waals surface area contributed by atoms with Crippen LogP contribution in [0.2, 0.25) is 0 Å². The molecule has 0 aliphatic carbocycles. The second-order valence-electron chi connectivity index (χ2n) is 2.38. The van der Waals surface area contributed by atoms with Crippen molar-refractivity contribution in [2.75, 3.05) is 0 Å². The van der Waals surface area contributed by atoms with Gasteiger partial charge in [0.2, 0.25) is 0 Å². The van der Waals surface area contributed by atoms with Gasteiger partial charge in [-0.25, -0.2) is 0 Å². The van der Waals surface area contributed by atoms with Crippen molar-refractivity contribution in [3.8, 4) is 0 Å². The fraction of sp³-hybridized carbons (Fsp3) is 0.222. The summed E-state index contributed by atoms with van der Waals surface area (Å²) < 4.78 is 0. The molecule has 0 aliphatic heterocycles. The van der Waals surface area contributed by atoms with Crippen molar-refractivity contribution in [3.05, 3.63) is 35.9 Å². The van der Waals surface area contributed by atoms with Crippen LogP contribution in [0.15, 0.2) is 30.3 Å². The molecule has 1 N–H and O–H groups in total. The zero-order valence-electron chi connectivity index (χ0n) is 6.86. The number of hydrogen-bond acceptors (Lipinski definition) is 1. The Morgan fingerprint density at radius 2 is 1.83 bits per heavy atom. The molecule has 0 saturated carbocycles. The first-order chi connectivity index (χ1) is 5.29. The second kappa shape index (κ2) is 6.07. The predicted molar refractivity (Wildman–Crippen MR) is 52.3 cm³/mol. The Morgan fingerprint density at radius 3 is 2.33 bits per heavy atom. The van der Waals surface area contributed by atoms with Crippen LogP contribution in [-0.2, 0) is 11.2 Å². The Kier molecular flexibility index (Phi) is 5.82. The van der Waals surface area contributed by atoms with E-state index in [0.29, 0.717) is 6.42 Å². The van der Waals surface area contributed by atoms with Gasteiger partial charge in [-0.05, 0) is 12.0 Å². The molecule has 0 fully saturated rings. The molecule has 0 spiro atoms. The van der Waals surface area contributed by atoms with E-state index in [1.807, 2.05) is 30.3 Å². The van der Waals surface area contributed by atoms with Gasteiger partial charge in [0.1, 0.15) is 0 Å². The Labute approximate surface area is 89.1 Å². The maximum atomic E-state index is 10.2. The van der Waals surface area contributed by atoms with Crippen molar-refractivity contribution in [3.63, 3.8) is 0 Å². The molecule has 1 aromatic carbocycles. The average molecular weight is 275 g/mol. The van der Waals surface area contributed by atoms with Crippen LogP contribution < -0.4 is 0 Å². The van der Waals surface area contributed by atoms with Crippen LogP contribution in [0.3, 0.4) is 0 Å². The Bertz CT molecular complexity index is 234. The van der Waals surface area contributed by atoms with E-state index in [1.54, 1.807) is 0 Å². The third-order valence-corrected chi connectivity index (χ3v) is 1.47. The van der Waals surface area contributed by atoms with E-state index in [0.717, 1.165) is 5.56 Å². The number of aliphatic carboxylic acids is 1. The number of hydrogen-bond donors (Lipinski definition) is 1. The minimum atomic E-state index is -0.742. The van der Waals surface area contributed by atoms with Gasteiger partial charge in [0.05, 0.1) is 0 Å². The molecule has 0 aliphatic rings. The van der Waals surface area contributed by atoms with Crippen molar-refractivity contribution >= 4 is 30.4 Å².